The van der Waals surface area contributed by atoms with Crippen LogP contribution >= 0.6 is 11.8 Å². The molecule has 1 aromatic rings. The summed E-state index contributed by atoms with van der Waals surface area (Å²) in [6, 6.07) is 0.908. The summed E-state index contributed by atoms with van der Waals surface area (Å²) < 4.78 is 61.3. The van der Waals surface area contributed by atoms with Crippen molar-refractivity contribution in [3.8, 4) is 0 Å². The highest BCUT2D eigenvalue weighted by Gasteiger charge is 2.35. The first kappa shape index (κ1) is 12.7. The fraction of sp³-hybridized carbons (Fsp3) is 0.143. The largest absolute Gasteiger partial charge is 0.446 e. The van der Waals surface area contributed by atoms with Crippen molar-refractivity contribution in [3.05, 3.63) is 33.9 Å². The number of hydrogen-bond acceptors (Lipinski definition) is 3. The molecule has 0 atom stereocenters. The molecule has 0 unspecified atom stereocenters. The predicted molar refractivity (Wildman–Crippen MR) is 44.9 cm³/mol. The minimum Gasteiger partial charge on any atom is -0.258 e. The Morgan fingerprint density at radius 3 is 2.25 bits per heavy atom. The molecule has 9 heteroatoms. The van der Waals surface area contributed by atoms with Gasteiger partial charge in [0.15, 0.2) is 5.82 Å². The molecule has 0 aliphatic rings. The Labute approximate surface area is 89.4 Å². The lowest BCUT2D eigenvalue weighted by molar-refractivity contribution is -0.390. The molecule has 3 nitrogen and oxygen atoms in total. The van der Waals surface area contributed by atoms with Crippen LogP contribution in [0.4, 0.5) is 27.6 Å². The van der Waals surface area contributed by atoms with E-state index in [4.69, 9.17) is 0 Å². The molecule has 0 aliphatic heterocycles. The van der Waals surface area contributed by atoms with Crippen LogP contribution in [0.5, 0.6) is 0 Å². The molecule has 0 aromatic heterocycles. The topological polar surface area (TPSA) is 43.1 Å². The Morgan fingerprint density at radius 2 is 1.81 bits per heavy atom. The van der Waals surface area contributed by atoms with Gasteiger partial charge in [0.05, 0.1) is 9.82 Å². The van der Waals surface area contributed by atoms with Crippen molar-refractivity contribution in [2.24, 2.45) is 0 Å². The van der Waals surface area contributed by atoms with Gasteiger partial charge in [-0.15, -0.1) is 0 Å². The summed E-state index contributed by atoms with van der Waals surface area (Å²) in [5.74, 6) is -3.47. The third-order valence-corrected chi connectivity index (χ3v) is 2.22. The first-order chi connectivity index (χ1) is 7.22. The summed E-state index contributed by atoms with van der Waals surface area (Å²) in [4.78, 5) is 7.91. The van der Waals surface area contributed by atoms with Gasteiger partial charge in [-0.2, -0.15) is 17.6 Å². The molecular weight excluding hydrogens is 257 g/mol. The van der Waals surface area contributed by atoms with Crippen molar-refractivity contribution >= 4 is 17.4 Å². The highest BCUT2D eigenvalue weighted by Crippen LogP contribution is 2.42. The monoisotopic (exact) mass is 259 g/mol. The number of benzene rings is 1. The molecule has 16 heavy (non-hydrogen) atoms. The Bertz CT molecular complexity index is 434. The van der Waals surface area contributed by atoms with Crippen molar-refractivity contribution in [2.45, 2.75) is 10.4 Å². The van der Waals surface area contributed by atoms with Crippen molar-refractivity contribution in [1.82, 2.24) is 0 Å². The maximum Gasteiger partial charge on any atom is 0.446 e. The highest BCUT2D eigenvalue weighted by molar-refractivity contribution is 8.00. The summed E-state index contributed by atoms with van der Waals surface area (Å²) in [5.41, 5.74) is -6.32. The molecule has 0 heterocycles. The number of thioether (sulfide) groups is 1. The molecule has 0 radical (unpaired) electrons. The van der Waals surface area contributed by atoms with Crippen LogP contribution in [0.15, 0.2) is 17.0 Å². The van der Waals surface area contributed by atoms with E-state index < -0.39 is 44.4 Å². The van der Waals surface area contributed by atoms with E-state index in [0.29, 0.717) is 12.1 Å². The average molecular weight is 259 g/mol. The van der Waals surface area contributed by atoms with Gasteiger partial charge in [0.25, 0.3) is 0 Å². The Balaban J connectivity index is 3.29. The standard InChI is InChI=1S/C7H2F5NO2S/c8-3-1-2-4(16-7(10,11)12)6(5(3)9)13(14)15/h1-2H. The molecule has 0 fully saturated rings. The van der Waals surface area contributed by atoms with Crippen LogP contribution in [0.25, 0.3) is 0 Å². The molecule has 0 saturated carbocycles. The molecule has 0 saturated heterocycles. The molecule has 88 valence electrons. The van der Waals surface area contributed by atoms with E-state index >= 15 is 0 Å². The van der Waals surface area contributed by atoms with Gasteiger partial charge < -0.3 is 0 Å². The molecule has 0 amide bonds. The molecular formula is C7H2F5NO2S. The van der Waals surface area contributed by atoms with Crippen LogP contribution in [0, 0.1) is 21.7 Å². The van der Waals surface area contributed by atoms with E-state index in [9.17, 15) is 32.1 Å². The van der Waals surface area contributed by atoms with E-state index in [-0.39, 0.29) is 0 Å². The summed E-state index contributed by atoms with van der Waals surface area (Å²) >= 11 is -0.870. The van der Waals surface area contributed by atoms with Gasteiger partial charge in [0.1, 0.15) is 0 Å². The van der Waals surface area contributed by atoms with Gasteiger partial charge in [0, 0.05) is 0 Å². The van der Waals surface area contributed by atoms with Crippen molar-refractivity contribution < 1.29 is 26.9 Å². The molecule has 0 spiro atoms. The number of halogens is 5. The van der Waals surface area contributed by atoms with Crippen LogP contribution in [-0.4, -0.2) is 10.4 Å². The zero-order chi connectivity index (χ0) is 12.5. The number of nitrogens with zero attached hydrogens (tertiary/aromatic N) is 1. The van der Waals surface area contributed by atoms with Crippen molar-refractivity contribution in [2.75, 3.05) is 0 Å². The normalized spacial score (nSPS) is 11.6. The lowest BCUT2D eigenvalue weighted by Crippen LogP contribution is -2.03. The van der Waals surface area contributed by atoms with Crippen LogP contribution in [-0.2, 0) is 0 Å². The van der Waals surface area contributed by atoms with Crippen molar-refractivity contribution in [3.63, 3.8) is 0 Å². The van der Waals surface area contributed by atoms with E-state index in [1.54, 1.807) is 0 Å². The first-order valence-electron chi connectivity index (χ1n) is 3.60. The molecule has 0 aliphatic carbocycles. The van der Waals surface area contributed by atoms with Crippen LogP contribution in [0.3, 0.4) is 0 Å². The SMILES string of the molecule is O=[N+]([O-])c1c(SC(F)(F)F)ccc(F)c1F. The minimum absolute atomic E-state index is 0.399. The fourth-order valence-corrected chi connectivity index (χ4v) is 1.55. The van der Waals surface area contributed by atoms with Gasteiger partial charge in [-0.3, -0.25) is 10.1 Å². The summed E-state index contributed by atoms with van der Waals surface area (Å²) in [5, 5.41) is 10.3. The van der Waals surface area contributed by atoms with Crippen molar-refractivity contribution in [1.29, 1.82) is 0 Å². The minimum atomic E-state index is -4.81. The van der Waals surface area contributed by atoms with Gasteiger partial charge >= 0.3 is 11.2 Å². The number of rotatable bonds is 2. The Kier molecular flexibility index (Phi) is 3.36. The molecule has 1 aromatic carbocycles. The summed E-state index contributed by atoms with van der Waals surface area (Å²) in [7, 11) is 0. The molecule has 1 rings (SSSR count). The summed E-state index contributed by atoms with van der Waals surface area (Å²) in [6.45, 7) is 0. The number of alkyl halides is 3. The predicted octanol–water partition coefficient (Wildman–Crippen LogP) is 3.48. The average Bonchev–Trinajstić information content (AvgIpc) is 2.08. The second-order valence-electron chi connectivity index (χ2n) is 2.51. The maximum absolute atomic E-state index is 12.9. The third kappa shape index (κ3) is 2.81. The Morgan fingerprint density at radius 1 is 1.25 bits per heavy atom. The fourth-order valence-electron chi connectivity index (χ4n) is 0.899. The van der Waals surface area contributed by atoms with Gasteiger partial charge in [-0.1, -0.05) is 0 Å². The van der Waals surface area contributed by atoms with E-state index in [0.717, 1.165) is 0 Å². The summed E-state index contributed by atoms with van der Waals surface area (Å²) in [6.07, 6.45) is 0. The third-order valence-electron chi connectivity index (χ3n) is 1.44. The second kappa shape index (κ2) is 4.24. The number of nitro groups is 1. The van der Waals surface area contributed by atoms with Crippen LogP contribution in [0.1, 0.15) is 0 Å². The Hall–Kier alpha value is -1.38. The second-order valence-corrected chi connectivity index (χ2v) is 3.62. The smallest absolute Gasteiger partial charge is 0.258 e. The highest BCUT2D eigenvalue weighted by atomic mass is 32.2. The van der Waals surface area contributed by atoms with Gasteiger partial charge in [0.2, 0.25) is 5.82 Å². The van der Waals surface area contributed by atoms with E-state index in [1.165, 1.54) is 0 Å². The number of nitro benzene ring substituents is 1. The van der Waals surface area contributed by atoms with E-state index in [1.807, 2.05) is 0 Å². The van der Waals surface area contributed by atoms with Crippen LogP contribution in [0.2, 0.25) is 0 Å². The van der Waals surface area contributed by atoms with Gasteiger partial charge in [-0.05, 0) is 23.9 Å². The zero-order valence-corrected chi connectivity index (χ0v) is 8.03. The quantitative estimate of drug-likeness (QED) is 0.353. The first-order valence-corrected chi connectivity index (χ1v) is 4.42. The lowest BCUT2D eigenvalue weighted by Gasteiger charge is -2.06. The molecule has 0 bridgehead atoms. The zero-order valence-electron chi connectivity index (χ0n) is 7.22. The molecule has 0 N–H and O–H groups in total. The van der Waals surface area contributed by atoms with Gasteiger partial charge in [-0.25, -0.2) is 4.39 Å². The maximum atomic E-state index is 12.9. The lowest BCUT2D eigenvalue weighted by atomic mass is 10.3. The van der Waals surface area contributed by atoms with E-state index in [2.05, 4.69) is 0 Å². The number of hydrogen-bond donors (Lipinski definition) is 0. The van der Waals surface area contributed by atoms with Crippen LogP contribution < -0.4 is 0 Å².